The van der Waals surface area contributed by atoms with E-state index < -0.39 is 10.0 Å². The first-order valence-electron chi connectivity index (χ1n) is 5.34. The van der Waals surface area contributed by atoms with E-state index in [2.05, 4.69) is 0 Å². The molecule has 0 bridgehead atoms. The number of alkyl halides is 1. The molecule has 0 spiro atoms. The Morgan fingerprint density at radius 2 is 2.06 bits per heavy atom. The molecule has 0 radical (unpaired) electrons. The minimum atomic E-state index is -3.46. The van der Waals surface area contributed by atoms with E-state index >= 15 is 0 Å². The molecule has 0 aliphatic rings. The highest BCUT2D eigenvalue weighted by Gasteiger charge is 2.22. The van der Waals surface area contributed by atoms with Gasteiger partial charge in [-0.15, -0.1) is 11.6 Å². The lowest BCUT2D eigenvalue weighted by Gasteiger charge is -2.20. The second kappa shape index (κ2) is 6.59. The van der Waals surface area contributed by atoms with Gasteiger partial charge in [0.2, 0.25) is 10.0 Å². The summed E-state index contributed by atoms with van der Waals surface area (Å²) in [5.74, 6) is 0.446. The number of rotatable bonds is 6. The summed E-state index contributed by atoms with van der Waals surface area (Å²) in [6, 6.07) is 6.28. The molecule has 0 aliphatic heterocycles. The van der Waals surface area contributed by atoms with Gasteiger partial charge in [0.25, 0.3) is 0 Å². The summed E-state index contributed by atoms with van der Waals surface area (Å²) in [6.07, 6.45) is 0.634. The van der Waals surface area contributed by atoms with E-state index in [1.165, 1.54) is 10.4 Å². The van der Waals surface area contributed by atoms with Crippen molar-refractivity contribution in [2.45, 2.75) is 18.2 Å². The van der Waals surface area contributed by atoms with Crippen molar-refractivity contribution in [3.63, 3.8) is 0 Å². The van der Waals surface area contributed by atoms with Gasteiger partial charge in [-0.05, 0) is 24.6 Å². The van der Waals surface area contributed by atoms with Crippen LogP contribution in [0.25, 0.3) is 0 Å². The van der Waals surface area contributed by atoms with Gasteiger partial charge in [-0.2, -0.15) is 4.31 Å². The molecule has 6 heteroatoms. The lowest BCUT2D eigenvalue weighted by atomic mass is 10.4. The number of hydrogen-bond donors (Lipinski definition) is 0. The number of benzene rings is 1. The summed E-state index contributed by atoms with van der Waals surface area (Å²) in [6.45, 7) is 2.65. The second-order valence-corrected chi connectivity index (χ2v) is 6.25. The quantitative estimate of drug-likeness (QED) is 0.757. The van der Waals surface area contributed by atoms with Crippen LogP contribution in [0.4, 0.5) is 0 Å². The zero-order valence-corrected chi connectivity index (χ0v) is 11.9. The first-order chi connectivity index (χ1) is 8.02. The molecule has 0 aromatic heterocycles. The molecule has 1 aromatic carbocycles. The fourth-order valence-corrected chi connectivity index (χ4v) is 3.37. The molecule has 0 atom stereocenters. The van der Waals surface area contributed by atoms with Crippen LogP contribution in [0.15, 0.2) is 29.2 Å². The lowest BCUT2D eigenvalue weighted by molar-refractivity contribution is 0.428. The van der Waals surface area contributed by atoms with Gasteiger partial charge in [0.15, 0.2) is 0 Å². The molecule has 3 nitrogen and oxygen atoms in total. The van der Waals surface area contributed by atoms with Crippen molar-refractivity contribution in [1.82, 2.24) is 4.31 Å². The monoisotopic (exact) mass is 295 g/mol. The van der Waals surface area contributed by atoms with Gasteiger partial charge >= 0.3 is 0 Å². The molecule has 0 fully saturated rings. The van der Waals surface area contributed by atoms with Gasteiger partial charge in [-0.25, -0.2) is 8.42 Å². The van der Waals surface area contributed by atoms with Crippen molar-refractivity contribution in [3.05, 3.63) is 29.3 Å². The van der Waals surface area contributed by atoms with Crippen LogP contribution < -0.4 is 0 Å². The SMILES string of the molecule is CCN(CCCCl)S(=O)(=O)c1cccc(Cl)c1. The fraction of sp³-hybridized carbons (Fsp3) is 0.455. The van der Waals surface area contributed by atoms with E-state index in [0.29, 0.717) is 30.4 Å². The molecule has 0 aliphatic carbocycles. The maximum absolute atomic E-state index is 12.2. The molecule has 0 amide bonds. The summed E-state index contributed by atoms with van der Waals surface area (Å²) in [5, 5.41) is 0.416. The van der Waals surface area contributed by atoms with E-state index in [9.17, 15) is 8.42 Å². The van der Waals surface area contributed by atoms with Crippen LogP contribution in [0.1, 0.15) is 13.3 Å². The molecule has 0 saturated heterocycles. The van der Waals surface area contributed by atoms with Crippen LogP contribution in [0, 0.1) is 0 Å². The average Bonchev–Trinajstić information content (AvgIpc) is 2.30. The third-order valence-electron chi connectivity index (χ3n) is 2.33. The van der Waals surface area contributed by atoms with Crippen molar-refractivity contribution in [1.29, 1.82) is 0 Å². The molecular formula is C11H15Cl2NO2S. The number of hydrogen-bond acceptors (Lipinski definition) is 2. The highest BCUT2D eigenvalue weighted by atomic mass is 35.5. The van der Waals surface area contributed by atoms with Crippen molar-refractivity contribution < 1.29 is 8.42 Å². The minimum absolute atomic E-state index is 0.224. The molecule has 0 saturated carbocycles. The summed E-state index contributed by atoms with van der Waals surface area (Å²) in [5.41, 5.74) is 0. The van der Waals surface area contributed by atoms with Crippen molar-refractivity contribution in [3.8, 4) is 0 Å². The van der Waals surface area contributed by atoms with Gasteiger partial charge in [-0.1, -0.05) is 24.6 Å². The van der Waals surface area contributed by atoms with Gasteiger partial charge in [0.05, 0.1) is 4.90 Å². The second-order valence-electron chi connectivity index (χ2n) is 3.50. The van der Waals surface area contributed by atoms with Crippen LogP contribution in [0.3, 0.4) is 0 Å². The summed E-state index contributed by atoms with van der Waals surface area (Å²) < 4.78 is 25.9. The Kier molecular flexibility index (Phi) is 5.73. The topological polar surface area (TPSA) is 37.4 Å². The first-order valence-corrected chi connectivity index (χ1v) is 7.69. The normalized spacial score (nSPS) is 12.0. The highest BCUT2D eigenvalue weighted by molar-refractivity contribution is 7.89. The Bertz CT molecular complexity index is 462. The van der Waals surface area contributed by atoms with Crippen LogP contribution in [-0.4, -0.2) is 31.7 Å². The predicted molar refractivity (Wildman–Crippen MR) is 71.2 cm³/mol. The van der Waals surface area contributed by atoms with Crippen LogP contribution in [0.2, 0.25) is 5.02 Å². The third kappa shape index (κ3) is 3.85. The molecule has 0 N–H and O–H groups in total. The van der Waals surface area contributed by atoms with E-state index in [4.69, 9.17) is 23.2 Å². The Morgan fingerprint density at radius 1 is 1.35 bits per heavy atom. The average molecular weight is 296 g/mol. The Labute approximate surface area is 112 Å². The van der Waals surface area contributed by atoms with E-state index in [1.54, 1.807) is 25.1 Å². The van der Waals surface area contributed by atoms with Crippen molar-refractivity contribution in [2.75, 3.05) is 19.0 Å². The van der Waals surface area contributed by atoms with Crippen LogP contribution in [0.5, 0.6) is 0 Å². The van der Waals surface area contributed by atoms with Gasteiger partial charge in [0, 0.05) is 24.0 Å². The molecule has 0 heterocycles. The van der Waals surface area contributed by atoms with Gasteiger partial charge in [0.1, 0.15) is 0 Å². The lowest BCUT2D eigenvalue weighted by Crippen LogP contribution is -2.32. The predicted octanol–water partition coefficient (Wildman–Crippen LogP) is 2.98. The largest absolute Gasteiger partial charge is 0.243 e. The zero-order valence-electron chi connectivity index (χ0n) is 9.57. The fourth-order valence-electron chi connectivity index (χ4n) is 1.46. The molecule has 96 valence electrons. The maximum atomic E-state index is 12.2. The smallest absolute Gasteiger partial charge is 0.207 e. The molecule has 0 unspecified atom stereocenters. The first kappa shape index (κ1) is 14.8. The summed E-state index contributed by atoms with van der Waals surface area (Å²) >= 11 is 11.4. The summed E-state index contributed by atoms with van der Waals surface area (Å²) in [4.78, 5) is 0.224. The maximum Gasteiger partial charge on any atom is 0.243 e. The Balaban J connectivity index is 3.00. The molecule has 1 rings (SSSR count). The van der Waals surface area contributed by atoms with Crippen molar-refractivity contribution >= 4 is 33.2 Å². The highest BCUT2D eigenvalue weighted by Crippen LogP contribution is 2.19. The molecular weight excluding hydrogens is 281 g/mol. The third-order valence-corrected chi connectivity index (χ3v) is 4.80. The number of nitrogens with zero attached hydrogens (tertiary/aromatic N) is 1. The zero-order chi connectivity index (χ0) is 12.9. The molecule has 1 aromatic rings. The van der Waals surface area contributed by atoms with E-state index in [1.807, 2.05) is 0 Å². The Morgan fingerprint density at radius 3 is 2.59 bits per heavy atom. The van der Waals surface area contributed by atoms with Gasteiger partial charge < -0.3 is 0 Å². The van der Waals surface area contributed by atoms with E-state index in [0.717, 1.165) is 0 Å². The molecule has 17 heavy (non-hydrogen) atoms. The van der Waals surface area contributed by atoms with Crippen LogP contribution in [-0.2, 0) is 10.0 Å². The Hall–Kier alpha value is -0.290. The number of halogens is 2. The summed E-state index contributed by atoms with van der Waals surface area (Å²) in [7, 11) is -3.46. The minimum Gasteiger partial charge on any atom is -0.207 e. The van der Waals surface area contributed by atoms with Crippen molar-refractivity contribution in [2.24, 2.45) is 0 Å². The standard InChI is InChI=1S/C11H15Cl2NO2S/c1-2-14(8-4-7-12)17(15,16)11-6-3-5-10(13)9-11/h3,5-6,9H,2,4,7-8H2,1H3. The van der Waals surface area contributed by atoms with Crippen LogP contribution >= 0.6 is 23.2 Å². The van der Waals surface area contributed by atoms with Gasteiger partial charge in [-0.3, -0.25) is 0 Å². The number of sulfonamides is 1. The van der Waals surface area contributed by atoms with E-state index in [-0.39, 0.29) is 4.90 Å².